The first-order valence-electron chi connectivity index (χ1n) is 36.3. The monoisotopic (exact) mass is 1420 g/mol. The van der Waals surface area contributed by atoms with Crippen molar-refractivity contribution in [2.75, 3.05) is 95.4 Å². The zero-order chi connectivity index (χ0) is 76.2. The Morgan fingerprint density at radius 1 is 0.556 bits per heavy atom. The number of hydrogen-bond acceptors (Lipinski definition) is 16. The minimum atomic E-state index is -2.65. The summed E-state index contributed by atoms with van der Waals surface area (Å²) in [6, 6.07) is -11.2. The number of likely N-dealkylation sites (N-methyl/N-ethyl adjacent to an activating group) is 7. The van der Waals surface area contributed by atoms with Crippen LogP contribution in [0.5, 0.6) is 0 Å². The molecule has 3 N–H and O–H groups in total. The number of hydrogen-bond donors (Lipinski definition) is 3. The summed E-state index contributed by atoms with van der Waals surface area (Å²) in [5.74, 6) is -10.9. The largest absolute Gasteiger partial charge is 0.633 e. The Hall–Kier alpha value is -5.45. The molecule has 0 aromatic rings. The van der Waals surface area contributed by atoms with E-state index in [4.69, 9.17) is 13.9 Å². The number of unbranched alkanes of at least 4 members (excludes halogenated alkanes) is 1. The Balaban J connectivity index is 3.09. The van der Waals surface area contributed by atoms with Gasteiger partial charge in [-0.25, -0.2) is 0 Å². The van der Waals surface area contributed by atoms with Gasteiger partial charge in [0.05, 0.1) is 38.0 Å². The number of Topliss-reactive ketones (excluding diaryl/α,β-unsaturated/α-hetero) is 2. The lowest BCUT2D eigenvalue weighted by atomic mass is 9.85. The minimum absolute atomic E-state index is 0.000947. The summed E-state index contributed by atoms with van der Waals surface area (Å²) in [5.41, 5.74) is 0. The highest BCUT2D eigenvalue weighted by Gasteiger charge is 2.48. The lowest BCUT2D eigenvalue weighted by Crippen LogP contribution is -2.64. The maximum atomic E-state index is 15.6. The molecule has 27 heteroatoms. The standard InChI is InChI=1S/C72H132N10O16Si/c1-27-54-69(91)75(17)51(15)67(89)80(22)61(52(16)97-35-29-28-31-82(95)32-36-96-37-33-82)59(85)42-53(46(8)9)68(90)76(18)55(38-43(2)3)58(84)41-49(13)64(86)73-50(14)66(88)77(19)56(39-44(4)5)70(92)78(20)57(40-45(6)7)71(93)79(21)60(47(10)11)72(94)81(23)62(65(87)74-54)63(48(12)30-34-83)98-99(24,25)26/h43-57,60-63,83H,27-42H2,1-26H3,(H,73,86)(H,74,87)/t48-,49-,50-,51-,52-,53+,54+,55+,56+,57+,60+,61+,62+,63-/m1/s1. The van der Waals surface area contributed by atoms with E-state index in [0.29, 0.717) is 45.7 Å². The Morgan fingerprint density at radius 3 is 1.53 bits per heavy atom. The minimum Gasteiger partial charge on any atom is -0.633 e. The van der Waals surface area contributed by atoms with Crippen LogP contribution < -0.4 is 10.6 Å². The molecule has 26 nitrogen and oxygen atoms in total. The second-order valence-corrected chi connectivity index (χ2v) is 35.9. The fourth-order valence-corrected chi connectivity index (χ4v) is 14.6. The van der Waals surface area contributed by atoms with E-state index < -0.39 is 180 Å². The van der Waals surface area contributed by atoms with Crippen LogP contribution in [0.2, 0.25) is 19.6 Å². The predicted octanol–water partition coefficient (Wildman–Crippen LogP) is 5.60. The molecule has 2 saturated heterocycles. The van der Waals surface area contributed by atoms with Gasteiger partial charge >= 0.3 is 0 Å². The fraction of sp³-hybridized carbons (Fsp3) is 0.847. The average molecular weight is 1420 g/mol. The Morgan fingerprint density at radius 2 is 1.04 bits per heavy atom. The second kappa shape index (κ2) is 40.4. The van der Waals surface area contributed by atoms with Gasteiger partial charge in [0.15, 0.2) is 19.9 Å². The van der Waals surface area contributed by atoms with E-state index in [2.05, 4.69) is 10.6 Å². The molecule has 99 heavy (non-hydrogen) atoms. The van der Waals surface area contributed by atoms with Crippen molar-refractivity contribution in [3.8, 4) is 0 Å². The van der Waals surface area contributed by atoms with E-state index in [1.165, 1.54) is 97.5 Å². The van der Waals surface area contributed by atoms with Gasteiger partial charge in [-0.05, 0) is 121 Å². The first-order chi connectivity index (χ1) is 45.7. The molecular formula is C72H132N10O16Si. The van der Waals surface area contributed by atoms with E-state index in [9.17, 15) is 24.7 Å². The summed E-state index contributed by atoms with van der Waals surface area (Å²) >= 11 is 0. The van der Waals surface area contributed by atoms with Gasteiger partial charge in [0, 0.05) is 87.2 Å². The van der Waals surface area contributed by atoms with Crippen molar-refractivity contribution >= 4 is 73.0 Å². The molecule has 2 heterocycles. The molecule has 0 aromatic carbocycles. The lowest BCUT2D eigenvalue weighted by molar-refractivity contribution is -0.888. The third-order valence-corrected chi connectivity index (χ3v) is 20.8. The van der Waals surface area contributed by atoms with Gasteiger partial charge in [0.2, 0.25) is 53.2 Å². The maximum absolute atomic E-state index is 15.6. The number of ketones is 2. The number of amides is 9. The Kier molecular flexibility index (Phi) is 36.6. The number of nitrogens with one attached hydrogen (secondary N) is 2. The zero-order valence-corrected chi connectivity index (χ0v) is 66.4. The van der Waals surface area contributed by atoms with E-state index >= 15 is 38.4 Å². The molecule has 2 rings (SSSR count). The van der Waals surface area contributed by atoms with E-state index in [0.717, 1.165) is 0 Å². The van der Waals surface area contributed by atoms with Crippen LogP contribution in [0.1, 0.15) is 169 Å². The van der Waals surface area contributed by atoms with Gasteiger partial charge in [-0.1, -0.05) is 90.0 Å². The topological polar surface area (TPSA) is 305 Å². The Labute approximate surface area is 594 Å². The highest BCUT2D eigenvalue weighted by Crippen LogP contribution is 2.30. The molecule has 2 fully saturated rings. The van der Waals surface area contributed by atoms with E-state index in [1.807, 2.05) is 61.2 Å². The van der Waals surface area contributed by atoms with Crippen molar-refractivity contribution in [1.82, 2.24) is 44.9 Å². The molecule has 0 radical (unpaired) electrons. The molecule has 2 aliphatic rings. The number of aliphatic hydroxyl groups is 1. The van der Waals surface area contributed by atoms with Crippen molar-refractivity contribution < 1.29 is 76.4 Å². The third-order valence-electron chi connectivity index (χ3n) is 19.8. The Bertz CT molecular complexity index is 2690. The highest BCUT2D eigenvalue weighted by molar-refractivity contribution is 6.69. The molecular weight excluding hydrogens is 1290 g/mol. The average Bonchev–Trinajstić information content (AvgIpc) is 0.800. The number of morpholine rings is 1. The number of aliphatic hydroxyl groups excluding tert-OH is 1. The van der Waals surface area contributed by atoms with Crippen LogP contribution in [0.3, 0.4) is 0 Å². The number of quaternary nitrogens is 1. The number of hydroxylamine groups is 3. The molecule has 2 aliphatic heterocycles. The van der Waals surface area contributed by atoms with Crippen LogP contribution in [-0.2, 0) is 66.6 Å². The van der Waals surface area contributed by atoms with Crippen LogP contribution in [0.15, 0.2) is 0 Å². The van der Waals surface area contributed by atoms with Crippen molar-refractivity contribution in [3.05, 3.63) is 5.21 Å². The van der Waals surface area contributed by atoms with Gasteiger partial charge in [0.1, 0.15) is 61.4 Å². The number of ether oxygens (including phenoxy) is 2. The van der Waals surface area contributed by atoms with Crippen molar-refractivity contribution in [3.63, 3.8) is 0 Å². The molecule has 0 saturated carbocycles. The lowest BCUT2D eigenvalue weighted by Gasteiger charge is -2.45. The summed E-state index contributed by atoms with van der Waals surface area (Å²) in [6.07, 6.45) is -1.18. The smallest absolute Gasteiger partial charge is 0.246 e. The number of rotatable bonds is 22. The predicted molar refractivity (Wildman–Crippen MR) is 384 cm³/mol. The van der Waals surface area contributed by atoms with E-state index in [-0.39, 0.29) is 69.5 Å². The normalized spacial score (nSPS) is 27.5. The van der Waals surface area contributed by atoms with Crippen LogP contribution in [0, 0.1) is 52.6 Å². The summed E-state index contributed by atoms with van der Waals surface area (Å²) in [4.78, 5) is 174. The SMILES string of the molecule is CC[C@@H]1NC(=O)[C@H]([C@H](O[Si](C)(C)C)[C@H](C)CCO)N(C)C(=O)[C@H](C(C)C)N(C)C(=O)[C@H](CC(C)C)N(C)C(=O)[C@H](CC(C)C)N(C)C(=O)[C@@H](C)NC(=O)[C@H](C)CC(=O)[C@H](CC(C)C)N(C)C(=O)[C@H](C(C)C)CC(=O)[C@H]([C@@H](C)OCCCC[N+]2([O-])CCOCC2)N(C)C(=O)[C@@H](C)N(C)C1=O. The molecule has 0 spiro atoms. The first-order valence-corrected chi connectivity index (χ1v) is 39.7. The summed E-state index contributed by atoms with van der Waals surface area (Å²) in [7, 11) is 7.51. The molecule has 0 aliphatic carbocycles. The summed E-state index contributed by atoms with van der Waals surface area (Å²) in [6.45, 7) is 35.3. The molecule has 0 unspecified atom stereocenters. The van der Waals surface area contributed by atoms with Crippen molar-refractivity contribution in [1.29, 1.82) is 0 Å². The van der Waals surface area contributed by atoms with Gasteiger partial charge < -0.3 is 73.8 Å². The molecule has 0 aromatic heterocycles. The molecule has 570 valence electrons. The zero-order valence-electron chi connectivity index (χ0n) is 65.4. The van der Waals surface area contributed by atoms with E-state index in [1.54, 1.807) is 55.4 Å². The third kappa shape index (κ3) is 25.8. The van der Waals surface area contributed by atoms with Gasteiger partial charge in [-0.15, -0.1) is 0 Å². The summed E-state index contributed by atoms with van der Waals surface area (Å²) in [5, 5.41) is 29.4. The van der Waals surface area contributed by atoms with Crippen LogP contribution in [0.25, 0.3) is 0 Å². The summed E-state index contributed by atoms with van der Waals surface area (Å²) < 4.78 is 18.2. The first kappa shape index (κ1) is 89.6. The molecule has 14 atom stereocenters. The van der Waals surface area contributed by atoms with Gasteiger partial charge in [-0.2, -0.15) is 0 Å². The fourth-order valence-electron chi connectivity index (χ4n) is 13.5. The van der Waals surface area contributed by atoms with Gasteiger partial charge in [0.25, 0.3) is 0 Å². The molecule has 9 amide bonds. The van der Waals surface area contributed by atoms with Crippen LogP contribution >= 0.6 is 0 Å². The number of carbonyl (C=O) groups excluding carboxylic acids is 11. The number of nitrogens with zero attached hydrogens (tertiary/aromatic N) is 8. The second-order valence-electron chi connectivity index (χ2n) is 31.4. The number of carbonyl (C=O) groups is 11. The molecule has 0 bridgehead atoms. The van der Waals surface area contributed by atoms with Crippen molar-refractivity contribution in [2.45, 2.75) is 255 Å². The van der Waals surface area contributed by atoms with Crippen LogP contribution in [0.4, 0.5) is 0 Å². The van der Waals surface area contributed by atoms with Crippen LogP contribution in [-0.4, -0.2) is 279 Å². The maximum Gasteiger partial charge on any atom is 0.246 e. The van der Waals surface area contributed by atoms with Crippen molar-refractivity contribution in [2.24, 2.45) is 47.3 Å². The highest BCUT2D eigenvalue weighted by atomic mass is 28.4. The quantitative estimate of drug-likeness (QED) is 0.0514. The van der Waals surface area contributed by atoms with Gasteiger partial charge in [-0.3, -0.25) is 52.7 Å².